The van der Waals surface area contributed by atoms with Crippen LogP contribution < -0.4 is 4.74 Å². The monoisotopic (exact) mass is 342 g/mol. The van der Waals surface area contributed by atoms with Gasteiger partial charge < -0.3 is 9.64 Å². The maximum Gasteiger partial charge on any atom is 0.254 e. The van der Waals surface area contributed by atoms with E-state index in [1.165, 1.54) is 11.6 Å². The third-order valence-corrected chi connectivity index (χ3v) is 4.64. The van der Waals surface area contributed by atoms with E-state index in [1.807, 2.05) is 12.1 Å². The summed E-state index contributed by atoms with van der Waals surface area (Å²) in [7, 11) is 1.66. The Morgan fingerprint density at radius 2 is 1.76 bits per heavy atom. The summed E-state index contributed by atoms with van der Waals surface area (Å²) >= 11 is 0. The highest BCUT2D eigenvalue weighted by Crippen LogP contribution is 2.16. The number of methoxy groups -OCH3 is 1. The quantitative estimate of drug-likeness (QED) is 0.856. The summed E-state index contributed by atoms with van der Waals surface area (Å²) in [5.74, 6) is 0.427. The average molecular weight is 342 g/mol. The lowest BCUT2D eigenvalue weighted by molar-refractivity contribution is 0.0628. The Hall–Kier alpha value is -2.40. The summed E-state index contributed by atoms with van der Waals surface area (Å²) < 4.78 is 18.9. The maximum absolute atomic E-state index is 13.7. The molecule has 3 rings (SSSR count). The van der Waals surface area contributed by atoms with Crippen molar-refractivity contribution in [3.63, 3.8) is 0 Å². The molecule has 1 aliphatic heterocycles. The van der Waals surface area contributed by atoms with Gasteiger partial charge in [0.15, 0.2) is 0 Å². The summed E-state index contributed by atoms with van der Waals surface area (Å²) in [6.07, 6.45) is 0. The summed E-state index contributed by atoms with van der Waals surface area (Å²) in [5, 5.41) is 0. The van der Waals surface area contributed by atoms with Crippen LogP contribution in [0.5, 0.6) is 5.75 Å². The van der Waals surface area contributed by atoms with Crippen LogP contribution in [-0.2, 0) is 6.54 Å². The average Bonchev–Trinajstić information content (AvgIpc) is 2.65. The highest BCUT2D eigenvalue weighted by atomic mass is 19.1. The van der Waals surface area contributed by atoms with E-state index in [-0.39, 0.29) is 11.7 Å². The lowest BCUT2D eigenvalue weighted by Crippen LogP contribution is -2.48. The molecule has 4 nitrogen and oxygen atoms in total. The van der Waals surface area contributed by atoms with Crippen LogP contribution in [0.4, 0.5) is 4.39 Å². The van der Waals surface area contributed by atoms with Crippen molar-refractivity contribution in [1.29, 1.82) is 0 Å². The first kappa shape index (κ1) is 17.4. The molecule has 2 aromatic carbocycles. The zero-order chi connectivity index (χ0) is 17.8. The summed E-state index contributed by atoms with van der Waals surface area (Å²) in [4.78, 5) is 16.6. The molecule has 0 aliphatic carbocycles. The predicted molar refractivity (Wildman–Crippen MR) is 95.3 cm³/mol. The third kappa shape index (κ3) is 4.17. The second kappa shape index (κ2) is 7.66. The normalized spacial score (nSPS) is 15.2. The van der Waals surface area contributed by atoms with Crippen LogP contribution in [-0.4, -0.2) is 49.0 Å². The van der Waals surface area contributed by atoms with Crippen LogP contribution in [0.1, 0.15) is 21.5 Å². The summed E-state index contributed by atoms with van der Waals surface area (Å²) in [6, 6.07) is 12.7. The Bertz CT molecular complexity index is 738. The molecule has 25 heavy (non-hydrogen) atoms. The van der Waals surface area contributed by atoms with E-state index in [9.17, 15) is 9.18 Å². The first-order chi connectivity index (χ1) is 12.1. The highest BCUT2D eigenvalue weighted by molar-refractivity contribution is 5.94. The molecule has 1 aliphatic rings. The molecular weight excluding hydrogens is 319 g/mol. The second-order valence-electron chi connectivity index (χ2n) is 6.38. The zero-order valence-electron chi connectivity index (χ0n) is 14.7. The van der Waals surface area contributed by atoms with E-state index in [2.05, 4.69) is 17.0 Å². The molecule has 0 saturated carbocycles. The Kier molecular flexibility index (Phi) is 5.34. The summed E-state index contributed by atoms with van der Waals surface area (Å²) in [5.41, 5.74) is 2.20. The Labute approximate surface area is 147 Å². The van der Waals surface area contributed by atoms with Crippen molar-refractivity contribution in [2.45, 2.75) is 13.5 Å². The number of benzene rings is 2. The molecule has 0 radical (unpaired) electrons. The van der Waals surface area contributed by atoms with Gasteiger partial charge in [-0.1, -0.05) is 18.2 Å². The molecule has 0 bridgehead atoms. The van der Waals surface area contributed by atoms with Gasteiger partial charge in [-0.05, 0) is 42.3 Å². The number of hydrogen-bond donors (Lipinski definition) is 0. The van der Waals surface area contributed by atoms with Gasteiger partial charge in [-0.3, -0.25) is 9.69 Å². The van der Waals surface area contributed by atoms with Gasteiger partial charge in [-0.25, -0.2) is 4.39 Å². The van der Waals surface area contributed by atoms with Crippen LogP contribution in [0.15, 0.2) is 42.5 Å². The van der Waals surface area contributed by atoms with E-state index in [1.54, 1.807) is 31.1 Å². The molecule has 1 amide bonds. The number of carbonyl (C=O) groups is 1. The van der Waals surface area contributed by atoms with Gasteiger partial charge in [0.1, 0.15) is 11.6 Å². The van der Waals surface area contributed by atoms with Gasteiger partial charge in [0.05, 0.1) is 7.11 Å². The molecule has 2 aromatic rings. The maximum atomic E-state index is 13.7. The van der Waals surface area contributed by atoms with Crippen molar-refractivity contribution >= 4 is 5.91 Å². The lowest BCUT2D eigenvalue weighted by atomic mass is 10.1. The fourth-order valence-corrected chi connectivity index (χ4v) is 3.01. The van der Waals surface area contributed by atoms with Crippen molar-refractivity contribution in [2.24, 2.45) is 0 Å². The van der Waals surface area contributed by atoms with Crippen molar-refractivity contribution in [3.8, 4) is 5.75 Å². The fraction of sp³-hybridized carbons (Fsp3) is 0.350. The molecule has 1 saturated heterocycles. The van der Waals surface area contributed by atoms with Gasteiger partial charge in [-0.2, -0.15) is 0 Å². The lowest BCUT2D eigenvalue weighted by Gasteiger charge is -2.34. The van der Waals surface area contributed by atoms with E-state index in [0.717, 1.165) is 25.4 Å². The van der Waals surface area contributed by atoms with E-state index < -0.39 is 0 Å². The minimum Gasteiger partial charge on any atom is -0.497 e. The molecular formula is C20H23FN2O2. The Morgan fingerprint density at radius 3 is 2.36 bits per heavy atom. The molecule has 5 heteroatoms. The zero-order valence-corrected chi connectivity index (χ0v) is 14.7. The second-order valence-corrected chi connectivity index (χ2v) is 6.38. The van der Waals surface area contributed by atoms with Gasteiger partial charge >= 0.3 is 0 Å². The number of nitrogens with zero attached hydrogens (tertiary/aromatic N) is 2. The van der Waals surface area contributed by atoms with Gasteiger partial charge in [-0.15, -0.1) is 0 Å². The smallest absolute Gasteiger partial charge is 0.254 e. The van der Waals surface area contributed by atoms with E-state index >= 15 is 0 Å². The molecule has 132 valence electrons. The highest BCUT2D eigenvalue weighted by Gasteiger charge is 2.22. The van der Waals surface area contributed by atoms with Crippen molar-refractivity contribution < 1.29 is 13.9 Å². The standard InChI is InChI=1S/C20H23FN2O2/c1-15-3-6-17(13-19(15)21)20(24)23-11-9-22(10-12-23)14-16-4-7-18(25-2)8-5-16/h3-8,13H,9-12,14H2,1-2H3. The SMILES string of the molecule is COc1ccc(CN2CCN(C(=O)c3ccc(C)c(F)c3)CC2)cc1. The first-order valence-electron chi connectivity index (χ1n) is 8.47. The predicted octanol–water partition coefficient (Wildman–Crippen LogP) is 3.10. The number of piperazine rings is 1. The topological polar surface area (TPSA) is 32.8 Å². The molecule has 0 spiro atoms. The molecule has 0 atom stereocenters. The van der Waals surface area contributed by atoms with Gasteiger partial charge in [0, 0.05) is 38.3 Å². The summed E-state index contributed by atoms with van der Waals surface area (Å²) in [6.45, 7) is 5.49. The number of ether oxygens (including phenoxy) is 1. The molecule has 1 fully saturated rings. The van der Waals surface area contributed by atoms with Crippen molar-refractivity contribution in [3.05, 3.63) is 65.0 Å². The number of rotatable bonds is 4. The first-order valence-corrected chi connectivity index (χ1v) is 8.47. The minimum atomic E-state index is -0.330. The van der Waals surface area contributed by atoms with Crippen LogP contribution >= 0.6 is 0 Å². The van der Waals surface area contributed by atoms with E-state index in [0.29, 0.717) is 24.2 Å². The van der Waals surface area contributed by atoms with Crippen LogP contribution in [0.2, 0.25) is 0 Å². The number of hydrogen-bond acceptors (Lipinski definition) is 3. The Balaban J connectivity index is 1.55. The van der Waals surface area contributed by atoms with Crippen LogP contribution in [0.3, 0.4) is 0 Å². The minimum absolute atomic E-state index is 0.0944. The molecule has 0 aromatic heterocycles. The van der Waals surface area contributed by atoms with Gasteiger partial charge in [0.25, 0.3) is 5.91 Å². The number of amides is 1. The third-order valence-electron chi connectivity index (χ3n) is 4.64. The molecule has 1 heterocycles. The van der Waals surface area contributed by atoms with Crippen LogP contribution in [0.25, 0.3) is 0 Å². The fourth-order valence-electron chi connectivity index (χ4n) is 3.01. The number of carbonyl (C=O) groups excluding carboxylic acids is 1. The van der Waals surface area contributed by atoms with Gasteiger partial charge in [0.2, 0.25) is 0 Å². The van der Waals surface area contributed by atoms with Crippen molar-refractivity contribution in [1.82, 2.24) is 9.80 Å². The largest absolute Gasteiger partial charge is 0.497 e. The molecule has 0 unspecified atom stereocenters. The van der Waals surface area contributed by atoms with E-state index in [4.69, 9.17) is 4.74 Å². The van der Waals surface area contributed by atoms with Crippen molar-refractivity contribution in [2.75, 3.05) is 33.3 Å². The number of aryl methyl sites for hydroxylation is 1. The van der Waals surface area contributed by atoms with Crippen LogP contribution in [0, 0.1) is 12.7 Å². The Morgan fingerprint density at radius 1 is 1.08 bits per heavy atom. The molecule has 0 N–H and O–H groups in total. The number of halogens is 1.